The molecule has 0 aliphatic rings. The zero-order valence-electron chi connectivity index (χ0n) is 10.2. The Morgan fingerprint density at radius 3 is 2.74 bits per heavy atom. The lowest BCUT2D eigenvalue weighted by Crippen LogP contribution is -2.13. The second-order valence-electron chi connectivity index (χ2n) is 4.44. The highest BCUT2D eigenvalue weighted by Gasteiger charge is 2.12. The van der Waals surface area contributed by atoms with E-state index in [0.29, 0.717) is 12.3 Å². The molecule has 1 aromatic heterocycles. The number of aromatic nitrogens is 1. The molecule has 0 aliphatic carbocycles. The van der Waals surface area contributed by atoms with Crippen molar-refractivity contribution in [3.05, 3.63) is 64.5 Å². The van der Waals surface area contributed by atoms with E-state index in [4.69, 9.17) is 10.2 Å². The molecular weight excluding hydrogens is 304 g/mol. The molecule has 0 radical (unpaired) electrons. The maximum atomic E-state index is 6.17. The third kappa shape index (κ3) is 2.69. The quantitative estimate of drug-likeness (QED) is 0.798. The van der Waals surface area contributed by atoms with Crippen molar-refractivity contribution in [2.24, 2.45) is 5.73 Å². The Hall–Kier alpha value is -1.65. The van der Waals surface area contributed by atoms with Crippen LogP contribution in [0.1, 0.15) is 17.5 Å². The predicted molar refractivity (Wildman–Crippen MR) is 78.8 cm³/mol. The van der Waals surface area contributed by atoms with Crippen LogP contribution in [0, 0.1) is 0 Å². The smallest absolute Gasteiger partial charge is 0.197 e. The summed E-state index contributed by atoms with van der Waals surface area (Å²) in [5.41, 5.74) is 8.90. The average Bonchev–Trinajstić information content (AvgIpc) is 2.81. The Kier molecular flexibility index (Phi) is 3.36. The Morgan fingerprint density at radius 2 is 1.95 bits per heavy atom. The molecule has 3 nitrogen and oxygen atoms in total. The Labute approximate surface area is 119 Å². The number of hydrogen-bond donors (Lipinski definition) is 1. The molecule has 19 heavy (non-hydrogen) atoms. The number of hydrogen-bond acceptors (Lipinski definition) is 3. The number of halogens is 1. The second kappa shape index (κ2) is 5.15. The number of benzene rings is 2. The van der Waals surface area contributed by atoms with E-state index in [1.807, 2.05) is 48.5 Å². The van der Waals surface area contributed by atoms with Crippen molar-refractivity contribution in [1.82, 2.24) is 4.98 Å². The summed E-state index contributed by atoms with van der Waals surface area (Å²) in [6.45, 7) is 0. The normalized spacial score (nSPS) is 12.7. The molecule has 1 unspecified atom stereocenters. The minimum absolute atomic E-state index is 0.0993. The van der Waals surface area contributed by atoms with Gasteiger partial charge in [-0.05, 0) is 23.8 Å². The largest absolute Gasteiger partial charge is 0.441 e. The molecule has 2 aromatic carbocycles. The first kappa shape index (κ1) is 12.4. The first-order chi connectivity index (χ1) is 9.22. The third-order valence-electron chi connectivity index (χ3n) is 3.02. The van der Waals surface area contributed by atoms with Gasteiger partial charge in [-0.1, -0.05) is 46.3 Å². The third-order valence-corrected chi connectivity index (χ3v) is 3.51. The summed E-state index contributed by atoms with van der Waals surface area (Å²) >= 11 is 3.42. The SMILES string of the molecule is NC(Cc1nc2cc(Br)ccc2o1)c1ccccc1. The molecule has 0 spiro atoms. The molecule has 3 rings (SSSR count). The second-order valence-corrected chi connectivity index (χ2v) is 5.36. The first-order valence-electron chi connectivity index (χ1n) is 6.08. The summed E-state index contributed by atoms with van der Waals surface area (Å²) in [7, 11) is 0. The molecule has 1 atom stereocenters. The van der Waals surface area contributed by atoms with Gasteiger partial charge in [0.15, 0.2) is 11.5 Å². The van der Waals surface area contributed by atoms with Crippen LogP contribution in [0.2, 0.25) is 0 Å². The van der Waals surface area contributed by atoms with Gasteiger partial charge in [0.2, 0.25) is 0 Å². The molecule has 96 valence electrons. The van der Waals surface area contributed by atoms with Crippen LogP contribution in [0.4, 0.5) is 0 Å². The molecule has 0 saturated carbocycles. The van der Waals surface area contributed by atoms with Gasteiger partial charge >= 0.3 is 0 Å². The lowest BCUT2D eigenvalue weighted by molar-refractivity contribution is 0.502. The fraction of sp³-hybridized carbons (Fsp3) is 0.133. The highest BCUT2D eigenvalue weighted by atomic mass is 79.9. The van der Waals surface area contributed by atoms with Gasteiger partial charge in [0.05, 0.1) is 0 Å². The van der Waals surface area contributed by atoms with Crippen molar-refractivity contribution in [3.8, 4) is 0 Å². The van der Waals surface area contributed by atoms with Gasteiger partial charge in [0.25, 0.3) is 0 Å². The minimum atomic E-state index is -0.0993. The zero-order valence-corrected chi connectivity index (χ0v) is 11.8. The van der Waals surface area contributed by atoms with E-state index >= 15 is 0 Å². The summed E-state index contributed by atoms with van der Waals surface area (Å²) in [5, 5.41) is 0. The van der Waals surface area contributed by atoms with E-state index in [-0.39, 0.29) is 6.04 Å². The van der Waals surface area contributed by atoms with Crippen molar-refractivity contribution < 1.29 is 4.42 Å². The van der Waals surface area contributed by atoms with Crippen LogP contribution in [-0.4, -0.2) is 4.98 Å². The van der Waals surface area contributed by atoms with Crippen molar-refractivity contribution >= 4 is 27.0 Å². The van der Waals surface area contributed by atoms with Gasteiger partial charge < -0.3 is 10.2 Å². The first-order valence-corrected chi connectivity index (χ1v) is 6.87. The lowest BCUT2D eigenvalue weighted by Gasteiger charge is -2.08. The number of nitrogens with zero attached hydrogens (tertiary/aromatic N) is 1. The van der Waals surface area contributed by atoms with E-state index in [1.165, 1.54) is 0 Å². The molecule has 0 saturated heterocycles. The van der Waals surface area contributed by atoms with Crippen LogP contribution in [-0.2, 0) is 6.42 Å². The van der Waals surface area contributed by atoms with Crippen LogP contribution in [0.25, 0.3) is 11.1 Å². The van der Waals surface area contributed by atoms with Gasteiger partial charge in [0.1, 0.15) is 5.52 Å². The fourth-order valence-corrected chi connectivity index (χ4v) is 2.39. The topological polar surface area (TPSA) is 52.0 Å². The van der Waals surface area contributed by atoms with Gasteiger partial charge in [0, 0.05) is 16.9 Å². The van der Waals surface area contributed by atoms with Crippen molar-refractivity contribution in [3.63, 3.8) is 0 Å². The molecule has 0 aliphatic heterocycles. The maximum Gasteiger partial charge on any atom is 0.197 e. The highest BCUT2D eigenvalue weighted by Crippen LogP contribution is 2.22. The minimum Gasteiger partial charge on any atom is -0.441 e. The van der Waals surface area contributed by atoms with E-state index in [2.05, 4.69) is 20.9 Å². The van der Waals surface area contributed by atoms with Crippen molar-refractivity contribution in [2.75, 3.05) is 0 Å². The molecular formula is C15H13BrN2O. The van der Waals surface area contributed by atoms with Crippen LogP contribution in [0.5, 0.6) is 0 Å². The molecule has 2 N–H and O–H groups in total. The molecule has 0 amide bonds. The van der Waals surface area contributed by atoms with E-state index in [9.17, 15) is 0 Å². The van der Waals surface area contributed by atoms with Crippen molar-refractivity contribution in [2.45, 2.75) is 12.5 Å². The van der Waals surface area contributed by atoms with E-state index < -0.39 is 0 Å². The fourth-order valence-electron chi connectivity index (χ4n) is 2.04. The van der Waals surface area contributed by atoms with Gasteiger partial charge in [-0.15, -0.1) is 0 Å². The van der Waals surface area contributed by atoms with Crippen molar-refractivity contribution in [1.29, 1.82) is 0 Å². The van der Waals surface area contributed by atoms with E-state index in [0.717, 1.165) is 21.1 Å². The van der Waals surface area contributed by atoms with E-state index in [1.54, 1.807) is 0 Å². The molecule has 0 bridgehead atoms. The average molecular weight is 317 g/mol. The summed E-state index contributed by atoms with van der Waals surface area (Å²) in [5.74, 6) is 0.671. The molecule has 1 heterocycles. The maximum absolute atomic E-state index is 6.17. The van der Waals surface area contributed by atoms with Gasteiger partial charge in [-0.25, -0.2) is 4.98 Å². The van der Waals surface area contributed by atoms with Crippen LogP contribution < -0.4 is 5.73 Å². The summed E-state index contributed by atoms with van der Waals surface area (Å²) in [4.78, 5) is 4.46. The van der Waals surface area contributed by atoms with Crippen LogP contribution >= 0.6 is 15.9 Å². The highest BCUT2D eigenvalue weighted by molar-refractivity contribution is 9.10. The molecule has 0 fully saturated rings. The summed E-state index contributed by atoms with van der Waals surface area (Å²) in [6, 6.07) is 15.7. The number of oxazole rings is 1. The Balaban J connectivity index is 1.85. The summed E-state index contributed by atoms with van der Waals surface area (Å²) < 4.78 is 6.70. The number of fused-ring (bicyclic) bond motifs is 1. The Morgan fingerprint density at radius 1 is 1.16 bits per heavy atom. The standard InChI is InChI=1S/C15H13BrN2O/c16-11-6-7-14-13(8-11)18-15(19-14)9-12(17)10-4-2-1-3-5-10/h1-8,12H,9,17H2. The van der Waals surface area contributed by atoms with Gasteiger partial charge in [-0.2, -0.15) is 0 Å². The van der Waals surface area contributed by atoms with Crippen LogP contribution in [0.3, 0.4) is 0 Å². The number of rotatable bonds is 3. The zero-order chi connectivity index (χ0) is 13.2. The number of nitrogens with two attached hydrogens (primary N) is 1. The Bertz CT molecular complexity index is 694. The van der Waals surface area contributed by atoms with Crippen LogP contribution in [0.15, 0.2) is 57.4 Å². The predicted octanol–water partition coefficient (Wildman–Crippen LogP) is 3.83. The summed E-state index contributed by atoms with van der Waals surface area (Å²) in [6.07, 6.45) is 0.594. The molecule has 3 aromatic rings. The lowest BCUT2D eigenvalue weighted by atomic mass is 10.1. The molecule has 4 heteroatoms. The monoisotopic (exact) mass is 316 g/mol. The van der Waals surface area contributed by atoms with Gasteiger partial charge in [-0.3, -0.25) is 0 Å².